The molecular weight excluding hydrogens is 216 g/mol. The smallest absolute Gasteiger partial charge is 0.219 e. The van der Waals surface area contributed by atoms with Crippen molar-refractivity contribution in [3.8, 4) is 0 Å². The van der Waals surface area contributed by atoms with Crippen LogP contribution in [0.2, 0.25) is 0 Å². The first kappa shape index (κ1) is 13.8. The summed E-state index contributed by atoms with van der Waals surface area (Å²) in [5.74, 6) is -1.49. The Kier molecular flexibility index (Phi) is 5.10. The maximum atomic E-state index is 10.2. The Morgan fingerprint density at radius 3 is 2.25 bits per heavy atom. The van der Waals surface area contributed by atoms with Crippen molar-refractivity contribution in [2.75, 3.05) is 41.7 Å². The van der Waals surface area contributed by atoms with Crippen LogP contribution in [0.25, 0.3) is 0 Å². The average molecular weight is 236 g/mol. The monoisotopic (exact) mass is 236 g/mol. The molecule has 1 aliphatic heterocycles. The van der Waals surface area contributed by atoms with Crippen LogP contribution in [0.3, 0.4) is 0 Å². The molecule has 0 radical (unpaired) electrons. The number of methoxy groups -OCH3 is 4. The molecule has 1 aliphatic rings. The Bertz CT molecular complexity index is 211. The number of hydrogen-bond donors (Lipinski definition) is 1. The summed E-state index contributed by atoms with van der Waals surface area (Å²) in [6, 6.07) is 0. The van der Waals surface area contributed by atoms with E-state index in [1.165, 1.54) is 14.2 Å². The number of rotatable bonds is 6. The van der Waals surface area contributed by atoms with Crippen molar-refractivity contribution in [3.63, 3.8) is 0 Å². The first-order valence-electron chi connectivity index (χ1n) is 5.06. The highest BCUT2D eigenvalue weighted by Gasteiger charge is 2.55. The lowest BCUT2D eigenvalue weighted by Gasteiger charge is -2.27. The van der Waals surface area contributed by atoms with Gasteiger partial charge < -0.3 is 28.8 Å². The molecule has 4 atom stereocenters. The number of ether oxygens (including phenoxy) is 5. The average Bonchev–Trinajstić information content (AvgIpc) is 2.51. The van der Waals surface area contributed by atoms with E-state index in [1.807, 2.05) is 0 Å². The van der Waals surface area contributed by atoms with Gasteiger partial charge >= 0.3 is 0 Å². The second-order valence-electron chi connectivity index (χ2n) is 3.75. The minimum atomic E-state index is -1.49. The summed E-state index contributed by atoms with van der Waals surface area (Å²) in [6.45, 7) is 0.343. The minimum Gasteiger partial charge on any atom is -0.382 e. The Labute approximate surface area is 95.4 Å². The van der Waals surface area contributed by atoms with Crippen LogP contribution in [0.1, 0.15) is 0 Å². The molecule has 0 aromatic heterocycles. The van der Waals surface area contributed by atoms with Gasteiger partial charge in [-0.25, -0.2) is 0 Å². The van der Waals surface area contributed by atoms with E-state index in [0.29, 0.717) is 6.61 Å². The lowest BCUT2D eigenvalue weighted by molar-refractivity contribution is -0.256. The van der Waals surface area contributed by atoms with Crippen molar-refractivity contribution in [1.29, 1.82) is 0 Å². The van der Waals surface area contributed by atoms with Gasteiger partial charge in [0.15, 0.2) is 0 Å². The maximum absolute atomic E-state index is 10.2. The van der Waals surface area contributed by atoms with E-state index in [0.717, 1.165) is 0 Å². The van der Waals surface area contributed by atoms with Crippen LogP contribution in [0, 0.1) is 0 Å². The Morgan fingerprint density at radius 2 is 1.81 bits per heavy atom. The first-order chi connectivity index (χ1) is 7.62. The van der Waals surface area contributed by atoms with Crippen LogP contribution in [-0.4, -0.2) is 70.9 Å². The topological polar surface area (TPSA) is 66.4 Å². The third-order valence-electron chi connectivity index (χ3n) is 2.67. The van der Waals surface area contributed by atoms with Crippen LogP contribution in [-0.2, 0) is 23.7 Å². The molecule has 0 aliphatic carbocycles. The molecule has 0 unspecified atom stereocenters. The van der Waals surface area contributed by atoms with Crippen LogP contribution >= 0.6 is 0 Å². The van der Waals surface area contributed by atoms with Gasteiger partial charge in [-0.2, -0.15) is 0 Å². The fourth-order valence-corrected chi connectivity index (χ4v) is 2.06. The van der Waals surface area contributed by atoms with E-state index in [4.69, 9.17) is 23.7 Å². The molecule has 1 fully saturated rings. The summed E-state index contributed by atoms with van der Waals surface area (Å²) in [7, 11) is 6.09. The van der Waals surface area contributed by atoms with Gasteiger partial charge in [0.1, 0.15) is 24.9 Å². The zero-order chi connectivity index (χ0) is 12.2. The fourth-order valence-electron chi connectivity index (χ4n) is 2.06. The van der Waals surface area contributed by atoms with Gasteiger partial charge in [-0.3, -0.25) is 0 Å². The highest BCUT2D eigenvalue weighted by molar-refractivity contribution is 4.97. The van der Waals surface area contributed by atoms with Gasteiger partial charge in [-0.15, -0.1) is 0 Å². The largest absolute Gasteiger partial charge is 0.382 e. The molecule has 16 heavy (non-hydrogen) atoms. The van der Waals surface area contributed by atoms with E-state index >= 15 is 0 Å². The van der Waals surface area contributed by atoms with Gasteiger partial charge in [0.25, 0.3) is 0 Å². The lowest BCUT2D eigenvalue weighted by Crippen LogP contribution is -2.48. The Morgan fingerprint density at radius 1 is 1.12 bits per heavy atom. The SMILES string of the molecule is COC[C@H]1O[C@@](O)(COC)[C@@H](OC)[C@@H]1OC. The van der Waals surface area contributed by atoms with E-state index in [1.54, 1.807) is 14.2 Å². The molecule has 1 heterocycles. The van der Waals surface area contributed by atoms with Crippen molar-refractivity contribution in [2.24, 2.45) is 0 Å². The van der Waals surface area contributed by atoms with Crippen molar-refractivity contribution in [3.05, 3.63) is 0 Å². The lowest BCUT2D eigenvalue weighted by atomic mass is 10.1. The van der Waals surface area contributed by atoms with Crippen molar-refractivity contribution < 1.29 is 28.8 Å². The van der Waals surface area contributed by atoms with E-state index in [9.17, 15) is 5.11 Å². The predicted octanol–water partition coefficient (Wildman–Crippen LogP) is -0.603. The highest BCUT2D eigenvalue weighted by atomic mass is 16.7. The summed E-state index contributed by atoms with van der Waals surface area (Å²) in [6.07, 6.45) is -1.36. The summed E-state index contributed by atoms with van der Waals surface area (Å²) in [5, 5.41) is 10.2. The van der Waals surface area contributed by atoms with Crippen molar-refractivity contribution in [2.45, 2.75) is 24.1 Å². The molecule has 1 N–H and O–H groups in total. The van der Waals surface area contributed by atoms with E-state index in [-0.39, 0.29) is 18.8 Å². The molecular formula is C10H20O6. The zero-order valence-corrected chi connectivity index (χ0v) is 10.1. The third-order valence-corrected chi connectivity index (χ3v) is 2.67. The quantitative estimate of drug-likeness (QED) is 0.664. The molecule has 0 aromatic carbocycles. The van der Waals surface area contributed by atoms with Crippen LogP contribution < -0.4 is 0 Å². The number of aliphatic hydroxyl groups is 1. The van der Waals surface area contributed by atoms with Crippen LogP contribution in [0.4, 0.5) is 0 Å². The van der Waals surface area contributed by atoms with Crippen LogP contribution in [0.15, 0.2) is 0 Å². The van der Waals surface area contributed by atoms with Crippen molar-refractivity contribution >= 4 is 0 Å². The normalized spacial score (nSPS) is 39.2. The standard InChI is InChI=1S/C10H20O6/c1-12-5-7-8(14-3)9(15-4)10(11,16-7)6-13-2/h7-9,11H,5-6H2,1-4H3/t7-,8-,9+,10+/m1/s1. The molecule has 6 heteroatoms. The molecule has 0 bridgehead atoms. The minimum absolute atomic E-state index is 0.0194. The summed E-state index contributed by atoms with van der Waals surface area (Å²) < 4.78 is 25.9. The number of hydrogen-bond acceptors (Lipinski definition) is 6. The summed E-state index contributed by atoms with van der Waals surface area (Å²) in [4.78, 5) is 0. The Hall–Kier alpha value is -0.240. The Balaban J connectivity index is 2.80. The summed E-state index contributed by atoms with van der Waals surface area (Å²) >= 11 is 0. The van der Waals surface area contributed by atoms with Gasteiger partial charge in [0.2, 0.25) is 5.79 Å². The molecule has 1 rings (SSSR count). The molecule has 0 spiro atoms. The fraction of sp³-hybridized carbons (Fsp3) is 1.00. The second-order valence-corrected chi connectivity index (χ2v) is 3.75. The third kappa shape index (κ3) is 2.53. The van der Waals surface area contributed by atoms with Gasteiger partial charge in [-0.05, 0) is 0 Å². The highest BCUT2D eigenvalue weighted by Crippen LogP contribution is 2.33. The molecule has 6 nitrogen and oxygen atoms in total. The van der Waals surface area contributed by atoms with E-state index < -0.39 is 11.9 Å². The molecule has 0 saturated carbocycles. The van der Waals surface area contributed by atoms with Gasteiger partial charge in [0.05, 0.1) is 6.61 Å². The summed E-state index contributed by atoms with van der Waals surface area (Å²) in [5.41, 5.74) is 0. The maximum Gasteiger partial charge on any atom is 0.219 e. The van der Waals surface area contributed by atoms with Crippen LogP contribution in [0.5, 0.6) is 0 Å². The zero-order valence-electron chi connectivity index (χ0n) is 10.1. The molecule has 1 saturated heterocycles. The first-order valence-corrected chi connectivity index (χ1v) is 5.06. The van der Waals surface area contributed by atoms with Crippen molar-refractivity contribution in [1.82, 2.24) is 0 Å². The molecule has 0 amide bonds. The predicted molar refractivity (Wildman–Crippen MR) is 55.2 cm³/mol. The van der Waals surface area contributed by atoms with Gasteiger partial charge in [-0.1, -0.05) is 0 Å². The van der Waals surface area contributed by atoms with E-state index in [2.05, 4.69) is 0 Å². The molecule has 96 valence electrons. The second kappa shape index (κ2) is 5.90. The van der Waals surface area contributed by atoms with Gasteiger partial charge in [0, 0.05) is 28.4 Å². The molecule has 0 aromatic rings.